The van der Waals surface area contributed by atoms with Crippen molar-refractivity contribution in [3.8, 4) is 0 Å². The van der Waals surface area contributed by atoms with E-state index in [1.54, 1.807) is 24.6 Å². The van der Waals surface area contributed by atoms with Gasteiger partial charge in [0.1, 0.15) is 0 Å². The Hall–Kier alpha value is 0.430. The second-order valence-corrected chi connectivity index (χ2v) is 12.3. The van der Waals surface area contributed by atoms with Gasteiger partial charge < -0.3 is 0 Å². The molecule has 0 aromatic carbocycles. The predicted molar refractivity (Wildman–Crippen MR) is 106 cm³/mol. The topological polar surface area (TPSA) is 0 Å². The average Bonchev–Trinajstić information content (AvgIpc) is 2.52. The van der Waals surface area contributed by atoms with Gasteiger partial charge in [-0.15, -0.1) is 0 Å². The van der Waals surface area contributed by atoms with Gasteiger partial charge in [-0.25, -0.2) is 0 Å². The van der Waals surface area contributed by atoms with Crippen LogP contribution in [-0.4, -0.2) is 24.6 Å². The van der Waals surface area contributed by atoms with Crippen LogP contribution < -0.4 is 0 Å². The fourth-order valence-corrected chi connectivity index (χ4v) is 10.3. The van der Waals surface area contributed by atoms with Crippen molar-refractivity contribution in [1.82, 2.24) is 0 Å². The van der Waals surface area contributed by atoms with Crippen molar-refractivity contribution < 1.29 is 0 Å². The molecule has 0 N–H and O–H groups in total. The third kappa shape index (κ3) is 9.93. The molecule has 0 aromatic heterocycles. The molecule has 0 aliphatic carbocycles. The first kappa shape index (κ1) is 21.4. The number of rotatable bonds is 15. The monoisotopic (exact) mass is 316 g/mol. The zero-order valence-corrected chi connectivity index (χ0v) is 17.0. The summed E-state index contributed by atoms with van der Waals surface area (Å²) in [4.78, 5) is 0. The zero-order valence-electron chi connectivity index (χ0n) is 16.0. The fraction of sp³-hybridized carbons (Fsp3) is 1.00. The van der Waals surface area contributed by atoms with E-state index in [0.29, 0.717) is 0 Å². The molecule has 0 aromatic rings. The van der Waals surface area contributed by atoms with Gasteiger partial charge in [-0.1, -0.05) is 0 Å². The van der Waals surface area contributed by atoms with Crippen LogP contribution in [0.1, 0.15) is 98.8 Å². The number of hydrogen-bond acceptors (Lipinski definition) is 0. The molecule has 0 saturated heterocycles. The third-order valence-corrected chi connectivity index (χ3v) is 11.1. The molecule has 0 heterocycles. The molecule has 0 fully saturated rings. The summed E-state index contributed by atoms with van der Waals surface area (Å²) >= 11 is 0. The summed E-state index contributed by atoms with van der Waals surface area (Å²) in [5.74, 6) is 1.04. The van der Waals surface area contributed by atoms with E-state index in [1.807, 2.05) is 0 Å². The van der Waals surface area contributed by atoms with E-state index in [0.717, 1.165) is 5.92 Å². The molecule has 0 saturated carbocycles. The van der Waals surface area contributed by atoms with Crippen LogP contribution >= 0.6 is 7.26 Å². The Morgan fingerprint density at radius 2 is 1.05 bits per heavy atom. The third-order valence-electron chi connectivity index (χ3n) is 5.45. The van der Waals surface area contributed by atoms with Crippen molar-refractivity contribution in [2.75, 3.05) is 24.6 Å². The molecule has 0 bridgehead atoms. The molecule has 0 amide bonds. The molecule has 21 heavy (non-hydrogen) atoms. The molecule has 0 spiro atoms. The van der Waals surface area contributed by atoms with Crippen molar-refractivity contribution in [2.45, 2.75) is 98.8 Å². The summed E-state index contributed by atoms with van der Waals surface area (Å²) in [6.45, 7) is 11.9. The van der Waals surface area contributed by atoms with Crippen LogP contribution in [-0.2, 0) is 0 Å². The Balaban J connectivity index is 4.81. The molecule has 130 valence electrons. The Kier molecular flexibility index (Phi) is 14.3. The quantitative estimate of drug-likeness (QED) is 0.277. The van der Waals surface area contributed by atoms with Gasteiger partial charge in [0.15, 0.2) is 0 Å². The second kappa shape index (κ2) is 14.0. The molecular formula is C20H45P. The Morgan fingerprint density at radius 1 is 0.619 bits per heavy atom. The molecule has 0 aliphatic rings. The predicted octanol–water partition coefficient (Wildman–Crippen LogP) is 7.35. The standard InChI is InChI=1S/C20H45P/c1-6-11-15-20(10-5)19-21(16-12-7-2,17-13-8-3)18-14-9-4/h20-21H,6-19H2,1-5H3. The molecule has 1 atom stereocenters. The van der Waals surface area contributed by atoms with Gasteiger partial charge in [-0.05, 0) is 0 Å². The van der Waals surface area contributed by atoms with Crippen LogP contribution in [0.5, 0.6) is 0 Å². The minimum atomic E-state index is -0.992. The summed E-state index contributed by atoms with van der Waals surface area (Å²) in [5, 5.41) is 0. The van der Waals surface area contributed by atoms with E-state index in [4.69, 9.17) is 0 Å². The normalized spacial score (nSPS) is 14.3. The van der Waals surface area contributed by atoms with Gasteiger partial charge in [-0.3, -0.25) is 0 Å². The van der Waals surface area contributed by atoms with Gasteiger partial charge in [0.05, 0.1) is 0 Å². The van der Waals surface area contributed by atoms with Crippen LogP contribution in [0, 0.1) is 5.92 Å². The maximum atomic E-state index is 2.44. The van der Waals surface area contributed by atoms with E-state index in [9.17, 15) is 0 Å². The molecule has 0 aliphatic heterocycles. The van der Waals surface area contributed by atoms with E-state index >= 15 is 0 Å². The molecular weight excluding hydrogens is 271 g/mol. The van der Waals surface area contributed by atoms with Crippen LogP contribution in [0.15, 0.2) is 0 Å². The van der Waals surface area contributed by atoms with E-state index < -0.39 is 7.26 Å². The molecule has 0 radical (unpaired) electrons. The molecule has 0 nitrogen and oxygen atoms in total. The summed E-state index contributed by atoms with van der Waals surface area (Å²) in [7, 11) is -0.992. The van der Waals surface area contributed by atoms with E-state index in [2.05, 4.69) is 34.6 Å². The van der Waals surface area contributed by atoms with Crippen LogP contribution in [0.3, 0.4) is 0 Å². The minimum absolute atomic E-state index is 0.992. The van der Waals surface area contributed by atoms with Crippen molar-refractivity contribution in [3.05, 3.63) is 0 Å². The first-order valence-electron chi connectivity index (χ1n) is 10.2. The Bertz CT molecular complexity index is 190. The summed E-state index contributed by atoms with van der Waals surface area (Å²) in [6.07, 6.45) is 21.0. The number of hydrogen-bond donors (Lipinski definition) is 0. The molecule has 1 heteroatoms. The number of unbranched alkanes of at least 4 members (excludes halogenated alkanes) is 4. The van der Waals surface area contributed by atoms with Gasteiger partial charge in [0, 0.05) is 0 Å². The maximum absolute atomic E-state index is 2.44. The Labute approximate surface area is 137 Å². The first-order valence-corrected chi connectivity index (χ1v) is 13.0. The fourth-order valence-electron chi connectivity index (χ4n) is 3.89. The van der Waals surface area contributed by atoms with Crippen molar-refractivity contribution in [1.29, 1.82) is 0 Å². The van der Waals surface area contributed by atoms with Crippen LogP contribution in [0.2, 0.25) is 0 Å². The second-order valence-electron chi connectivity index (χ2n) is 7.43. The molecule has 0 rings (SSSR count). The van der Waals surface area contributed by atoms with E-state index in [1.165, 1.54) is 64.2 Å². The average molecular weight is 317 g/mol. The zero-order chi connectivity index (χ0) is 16.0. The summed E-state index contributed by atoms with van der Waals surface area (Å²) in [5.41, 5.74) is 0. The van der Waals surface area contributed by atoms with Gasteiger partial charge in [0.25, 0.3) is 0 Å². The summed E-state index contributed by atoms with van der Waals surface area (Å²) in [6, 6.07) is 0. The Morgan fingerprint density at radius 3 is 1.38 bits per heavy atom. The van der Waals surface area contributed by atoms with Gasteiger partial charge in [-0.2, -0.15) is 0 Å². The first-order chi connectivity index (χ1) is 10.2. The van der Waals surface area contributed by atoms with Crippen LogP contribution in [0.25, 0.3) is 0 Å². The van der Waals surface area contributed by atoms with Crippen molar-refractivity contribution >= 4 is 7.26 Å². The van der Waals surface area contributed by atoms with Crippen molar-refractivity contribution in [3.63, 3.8) is 0 Å². The van der Waals surface area contributed by atoms with Gasteiger partial charge >= 0.3 is 137 Å². The van der Waals surface area contributed by atoms with Crippen molar-refractivity contribution in [2.24, 2.45) is 5.92 Å². The SMILES string of the molecule is CCCCC(CC)C[PH](CCCC)(CCCC)CCCC. The van der Waals surface area contributed by atoms with Gasteiger partial charge in [0.2, 0.25) is 0 Å². The summed E-state index contributed by atoms with van der Waals surface area (Å²) < 4.78 is 0. The van der Waals surface area contributed by atoms with E-state index in [-0.39, 0.29) is 0 Å². The van der Waals surface area contributed by atoms with Crippen LogP contribution in [0.4, 0.5) is 0 Å². The molecule has 1 unspecified atom stereocenters.